The van der Waals surface area contributed by atoms with Gasteiger partial charge in [-0.1, -0.05) is 41.0 Å². The molecule has 24 heavy (non-hydrogen) atoms. The molecule has 1 rings (SSSR count). The number of thioether (sulfide) groups is 1. The van der Waals surface area contributed by atoms with Crippen molar-refractivity contribution >= 4 is 11.8 Å². The summed E-state index contributed by atoms with van der Waals surface area (Å²) in [6, 6.07) is 8.74. The second-order valence-corrected chi connectivity index (χ2v) is 8.52. The van der Waals surface area contributed by atoms with Gasteiger partial charge < -0.3 is 5.11 Å². The summed E-state index contributed by atoms with van der Waals surface area (Å²) in [5.74, 6) is 1.04. The van der Waals surface area contributed by atoms with Crippen molar-refractivity contribution in [3.05, 3.63) is 53.1 Å². The molecule has 0 aliphatic rings. The molecule has 0 heterocycles. The summed E-state index contributed by atoms with van der Waals surface area (Å²) in [6.07, 6.45) is 9.98. The molecule has 0 radical (unpaired) electrons. The topological polar surface area (TPSA) is 20.2 Å². The van der Waals surface area contributed by atoms with Gasteiger partial charge in [-0.15, -0.1) is 11.8 Å². The van der Waals surface area contributed by atoms with E-state index in [0.29, 0.717) is 0 Å². The first kappa shape index (κ1) is 21.1. The Balaban J connectivity index is 2.23. The van der Waals surface area contributed by atoms with Crippen molar-refractivity contribution in [2.75, 3.05) is 5.75 Å². The maximum Gasteiger partial charge on any atom is 0.0591 e. The fraction of sp³-hybridized carbons (Fsp3) is 0.545. The van der Waals surface area contributed by atoms with E-state index in [1.54, 1.807) is 0 Å². The summed E-state index contributed by atoms with van der Waals surface area (Å²) >= 11 is 1.90. The van der Waals surface area contributed by atoms with Crippen molar-refractivity contribution in [3.8, 4) is 0 Å². The van der Waals surface area contributed by atoms with E-state index >= 15 is 0 Å². The lowest BCUT2D eigenvalue weighted by Crippen LogP contribution is -2.17. The summed E-state index contributed by atoms with van der Waals surface area (Å²) < 4.78 is 0. The Morgan fingerprint density at radius 1 is 1.04 bits per heavy atom. The lowest BCUT2D eigenvalue weighted by atomic mass is 9.99. The average Bonchev–Trinajstić information content (AvgIpc) is 2.48. The van der Waals surface area contributed by atoms with Gasteiger partial charge in [0, 0.05) is 10.6 Å². The van der Waals surface area contributed by atoms with Crippen LogP contribution in [0.15, 0.2) is 52.5 Å². The summed E-state index contributed by atoms with van der Waals surface area (Å²) in [5.41, 5.74) is 3.70. The van der Waals surface area contributed by atoms with Gasteiger partial charge in [0.05, 0.1) is 5.60 Å². The molecule has 0 aliphatic carbocycles. The highest BCUT2D eigenvalue weighted by Gasteiger charge is 2.11. The maximum atomic E-state index is 9.73. The van der Waals surface area contributed by atoms with E-state index in [1.165, 1.54) is 21.6 Å². The molecule has 2 heteroatoms. The van der Waals surface area contributed by atoms with Gasteiger partial charge in [-0.2, -0.15) is 0 Å². The van der Waals surface area contributed by atoms with Crippen LogP contribution < -0.4 is 0 Å². The number of aliphatic hydroxyl groups is 1. The third kappa shape index (κ3) is 10.7. The molecular weight excluding hydrogens is 312 g/mol. The molecule has 0 saturated heterocycles. The van der Waals surface area contributed by atoms with Crippen molar-refractivity contribution in [1.29, 1.82) is 0 Å². The first-order chi connectivity index (χ1) is 11.3. The SMILES string of the molecule is CC(=CCSc1ccc(C)cc1)CCC=C(C)CCCC(C)(C)O. The molecule has 0 spiro atoms. The third-order valence-corrected chi connectivity index (χ3v) is 5.03. The zero-order chi connectivity index (χ0) is 18.0. The highest BCUT2D eigenvalue weighted by molar-refractivity contribution is 7.99. The van der Waals surface area contributed by atoms with E-state index in [0.717, 1.165) is 37.9 Å². The lowest BCUT2D eigenvalue weighted by Gasteiger charge is -2.16. The monoisotopic (exact) mass is 346 g/mol. The second-order valence-electron chi connectivity index (χ2n) is 7.43. The molecule has 1 aromatic carbocycles. The highest BCUT2D eigenvalue weighted by Crippen LogP contribution is 2.20. The minimum Gasteiger partial charge on any atom is -0.390 e. The van der Waals surface area contributed by atoms with E-state index < -0.39 is 5.60 Å². The van der Waals surface area contributed by atoms with Crippen LogP contribution >= 0.6 is 11.8 Å². The molecule has 1 N–H and O–H groups in total. The van der Waals surface area contributed by atoms with Gasteiger partial charge in [0.1, 0.15) is 0 Å². The molecule has 0 bridgehead atoms. The smallest absolute Gasteiger partial charge is 0.0591 e. The minimum absolute atomic E-state index is 0.533. The van der Waals surface area contributed by atoms with E-state index in [9.17, 15) is 5.11 Å². The van der Waals surface area contributed by atoms with E-state index in [1.807, 2.05) is 25.6 Å². The number of rotatable bonds is 10. The Labute approximate surface area is 153 Å². The zero-order valence-corrected chi connectivity index (χ0v) is 16.9. The predicted octanol–water partition coefficient (Wildman–Crippen LogP) is 6.70. The fourth-order valence-corrected chi connectivity index (χ4v) is 3.35. The van der Waals surface area contributed by atoms with Crippen molar-refractivity contribution in [1.82, 2.24) is 0 Å². The number of aryl methyl sites for hydroxylation is 1. The average molecular weight is 347 g/mol. The molecule has 1 aromatic rings. The number of allylic oxidation sites excluding steroid dienone is 3. The minimum atomic E-state index is -0.533. The Morgan fingerprint density at radius 2 is 1.67 bits per heavy atom. The second kappa shape index (κ2) is 10.8. The van der Waals surface area contributed by atoms with Crippen LogP contribution in [0.1, 0.15) is 65.4 Å². The number of hydrogen-bond donors (Lipinski definition) is 1. The predicted molar refractivity (Wildman–Crippen MR) is 109 cm³/mol. The Bertz CT molecular complexity index is 532. The van der Waals surface area contributed by atoms with Crippen molar-refractivity contribution in [3.63, 3.8) is 0 Å². The summed E-state index contributed by atoms with van der Waals surface area (Å²) in [6.45, 7) is 10.3. The number of hydrogen-bond acceptors (Lipinski definition) is 2. The Hall–Kier alpha value is -0.990. The van der Waals surface area contributed by atoms with Crippen LogP contribution in [-0.2, 0) is 0 Å². The fourth-order valence-electron chi connectivity index (χ4n) is 2.46. The molecule has 0 unspecified atom stereocenters. The largest absolute Gasteiger partial charge is 0.390 e. The van der Waals surface area contributed by atoms with Gasteiger partial charge in [0.2, 0.25) is 0 Å². The van der Waals surface area contributed by atoms with Crippen molar-refractivity contribution < 1.29 is 5.11 Å². The molecule has 0 saturated carbocycles. The van der Waals surface area contributed by atoms with Crippen LogP contribution in [0.3, 0.4) is 0 Å². The first-order valence-electron chi connectivity index (χ1n) is 8.99. The van der Waals surface area contributed by atoms with E-state index in [-0.39, 0.29) is 0 Å². The van der Waals surface area contributed by atoms with E-state index in [4.69, 9.17) is 0 Å². The van der Waals surface area contributed by atoms with Crippen LogP contribution in [0.2, 0.25) is 0 Å². The molecule has 0 fully saturated rings. The molecule has 0 aliphatic heterocycles. The van der Waals surface area contributed by atoms with Crippen LogP contribution in [0.4, 0.5) is 0 Å². The highest BCUT2D eigenvalue weighted by atomic mass is 32.2. The van der Waals surface area contributed by atoms with Crippen LogP contribution in [0.25, 0.3) is 0 Å². The van der Waals surface area contributed by atoms with Gasteiger partial charge >= 0.3 is 0 Å². The zero-order valence-electron chi connectivity index (χ0n) is 16.1. The molecule has 1 nitrogen and oxygen atoms in total. The molecule has 0 atom stereocenters. The first-order valence-corrected chi connectivity index (χ1v) is 9.98. The Morgan fingerprint density at radius 3 is 2.29 bits per heavy atom. The molecule has 134 valence electrons. The third-order valence-electron chi connectivity index (χ3n) is 4.09. The van der Waals surface area contributed by atoms with Crippen LogP contribution in [-0.4, -0.2) is 16.5 Å². The van der Waals surface area contributed by atoms with Crippen molar-refractivity contribution in [2.24, 2.45) is 0 Å². The summed E-state index contributed by atoms with van der Waals surface area (Å²) in [7, 11) is 0. The standard InChI is InChI=1S/C22H34OS/c1-18(10-7-16-22(4,5)23)8-6-9-19(2)15-17-24-21-13-11-20(3)12-14-21/h8,11-15,23H,6-7,9-10,16-17H2,1-5H3. The van der Waals surface area contributed by atoms with Crippen molar-refractivity contribution in [2.45, 2.75) is 77.2 Å². The quantitative estimate of drug-likeness (QED) is 0.375. The summed E-state index contributed by atoms with van der Waals surface area (Å²) in [5, 5.41) is 9.73. The number of benzene rings is 1. The summed E-state index contributed by atoms with van der Waals surface area (Å²) in [4.78, 5) is 1.34. The molecule has 0 aromatic heterocycles. The van der Waals surface area contributed by atoms with Crippen LogP contribution in [0.5, 0.6) is 0 Å². The van der Waals surface area contributed by atoms with Gasteiger partial charge in [-0.05, 0) is 78.9 Å². The van der Waals surface area contributed by atoms with Crippen LogP contribution in [0, 0.1) is 6.92 Å². The normalized spacial score (nSPS) is 13.4. The molecular formula is C22H34OS. The van der Waals surface area contributed by atoms with E-state index in [2.05, 4.69) is 57.2 Å². The Kier molecular flexibility index (Phi) is 9.46. The van der Waals surface area contributed by atoms with Gasteiger partial charge in [-0.3, -0.25) is 0 Å². The lowest BCUT2D eigenvalue weighted by molar-refractivity contribution is 0.0689. The molecule has 0 amide bonds. The maximum absolute atomic E-state index is 9.73. The van der Waals surface area contributed by atoms with Gasteiger partial charge in [-0.25, -0.2) is 0 Å². The van der Waals surface area contributed by atoms with Gasteiger partial charge in [0.25, 0.3) is 0 Å². The van der Waals surface area contributed by atoms with Gasteiger partial charge in [0.15, 0.2) is 0 Å².